The van der Waals surface area contributed by atoms with Gasteiger partial charge in [-0.25, -0.2) is 13.1 Å². The SMILES string of the molecule is C[C@H](Nc1cnn(C2CCN(S(=O)(=O)c3ccc(C#N)cc3)CC2)c(=O)c1Cl)[C@H]1CCCOC1. The largest absolute Gasteiger partial charge is 0.381 e. The van der Waals surface area contributed by atoms with Crippen molar-refractivity contribution in [3.8, 4) is 6.07 Å². The summed E-state index contributed by atoms with van der Waals surface area (Å²) in [6, 6.07) is 7.69. The summed E-state index contributed by atoms with van der Waals surface area (Å²) in [7, 11) is -3.67. The van der Waals surface area contributed by atoms with Gasteiger partial charge in [0.05, 0.1) is 41.1 Å². The number of hydrogen-bond acceptors (Lipinski definition) is 7. The quantitative estimate of drug-likeness (QED) is 0.641. The van der Waals surface area contributed by atoms with Crippen LogP contribution in [0.25, 0.3) is 0 Å². The first-order valence-corrected chi connectivity index (χ1v) is 13.2. The van der Waals surface area contributed by atoms with Crippen molar-refractivity contribution in [2.75, 3.05) is 31.6 Å². The number of rotatable bonds is 6. The summed E-state index contributed by atoms with van der Waals surface area (Å²) >= 11 is 6.41. The van der Waals surface area contributed by atoms with Gasteiger partial charge >= 0.3 is 0 Å². The summed E-state index contributed by atoms with van der Waals surface area (Å²) in [5, 5.41) is 16.7. The van der Waals surface area contributed by atoms with E-state index in [0.29, 0.717) is 36.6 Å². The van der Waals surface area contributed by atoms with Crippen molar-refractivity contribution in [1.29, 1.82) is 5.26 Å². The van der Waals surface area contributed by atoms with Gasteiger partial charge in [0.25, 0.3) is 5.56 Å². The number of nitrogens with zero attached hydrogens (tertiary/aromatic N) is 4. The Kier molecular flexibility index (Phi) is 7.57. The van der Waals surface area contributed by atoms with Crippen LogP contribution in [0.1, 0.15) is 44.2 Å². The second-order valence-corrected chi connectivity index (χ2v) is 11.1. The van der Waals surface area contributed by atoms with Crippen LogP contribution in [0.5, 0.6) is 0 Å². The zero-order valence-corrected chi connectivity index (χ0v) is 20.6. The summed E-state index contributed by atoms with van der Waals surface area (Å²) in [4.78, 5) is 13.1. The van der Waals surface area contributed by atoms with E-state index >= 15 is 0 Å². The Morgan fingerprint density at radius 1 is 1.24 bits per heavy atom. The first-order valence-electron chi connectivity index (χ1n) is 11.4. The highest BCUT2D eigenvalue weighted by molar-refractivity contribution is 7.89. The summed E-state index contributed by atoms with van der Waals surface area (Å²) in [6.45, 7) is 4.04. The van der Waals surface area contributed by atoms with E-state index in [1.165, 1.54) is 33.3 Å². The lowest BCUT2D eigenvalue weighted by molar-refractivity contribution is 0.0496. The van der Waals surface area contributed by atoms with E-state index in [1.807, 2.05) is 13.0 Å². The van der Waals surface area contributed by atoms with E-state index < -0.39 is 10.0 Å². The Labute approximate surface area is 204 Å². The molecule has 1 aromatic carbocycles. The van der Waals surface area contributed by atoms with Gasteiger partial charge in [0.1, 0.15) is 5.02 Å². The molecule has 0 saturated carbocycles. The summed E-state index contributed by atoms with van der Waals surface area (Å²) in [5.74, 6) is 0.342. The summed E-state index contributed by atoms with van der Waals surface area (Å²) in [6.07, 6.45) is 4.54. The molecule has 0 amide bonds. The van der Waals surface area contributed by atoms with Crippen molar-refractivity contribution >= 4 is 27.3 Å². The molecule has 11 heteroatoms. The van der Waals surface area contributed by atoms with Gasteiger partial charge in [-0.3, -0.25) is 4.79 Å². The monoisotopic (exact) mass is 505 g/mol. The maximum atomic E-state index is 13.0. The molecular weight excluding hydrogens is 478 g/mol. The third-order valence-electron chi connectivity index (χ3n) is 6.62. The molecule has 1 N–H and O–H groups in total. The second kappa shape index (κ2) is 10.4. The van der Waals surface area contributed by atoms with E-state index in [-0.39, 0.29) is 40.7 Å². The van der Waals surface area contributed by atoms with Crippen molar-refractivity contribution in [2.45, 2.75) is 49.6 Å². The van der Waals surface area contributed by atoms with Crippen LogP contribution < -0.4 is 10.9 Å². The minimum Gasteiger partial charge on any atom is -0.381 e. The molecule has 0 spiro atoms. The highest BCUT2D eigenvalue weighted by atomic mass is 35.5. The normalized spacial score (nSPS) is 21.0. The van der Waals surface area contributed by atoms with Crippen LogP contribution in [0.15, 0.2) is 40.2 Å². The Balaban J connectivity index is 1.42. The predicted octanol–water partition coefficient (Wildman–Crippen LogP) is 3.02. The zero-order chi connectivity index (χ0) is 24.3. The third kappa shape index (κ3) is 5.13. The van der Waals surface area contributed by atoms with Crippen molar-refractivity contribution in [3.63, 3.8) is 0 Å². The summed E-state index contributed by atoms with van der Waals surface area (Å²) in [5.41, 5.74) is 0.522. The van der Waals surface area contributed by atoms with Gasteiger partial charge in [0.2, 0.25) is 10.0 Å². The van der Waals surface area contributed by atoms with E-state index in [9.17, 15) is 13.2 Å². The molecule has 0 aliphatic carbocycles. The fraction of sp³-hybridized carbons (Fsp3) is 0.522. The van der Waals surface area contributed by atoms with Crippen molar-refractivity contribution in [3.05, 3.63) is 51.4 Å². The first kappa shape index (κ1) is 24.7. The third-order valence-corrected chi connectivity index (χ3v) is 8.90. The molecule has 2 aliphatic rings. The Morgan fingerprint density at radius 3 is 2.56 bits per heavy atom. The number of ether oxygens (including phenoxy) is 1. The smallest absolute Gasteiger partial charge is 0.287 e. The van der Waals surface area contributed by atoms with Gasteiger partial charge in [-0.1, -0.05) is 11.6 Å². The van der Waals surface area contributed by atoms with E-state index in [2.05, 4.69) is 10.4 Å². The Morgan fingerprint density at radius 2 is 1.94 bits per heavy atom. The van der Waals surface area contributed by atoms with Crippen LogP contribution in [0, 0.1) is 17.2 Å². The number of benzene rings is 1. The maximum absolute atomic E-state index is 13.0. The number of nitriles is 1. The predicted molar refractivity (Wildman–Crippen MR) is 128 cm³/mol. The van der Waals surface area contributed by atoms with Gasteiger partial charge < -0.3 is 10.1 Å². The molecule has 2 saturated heterocycles. The molecule has 0 unspecified atom stereocenters. The molecule has 2 fully saturated rings. The van der Waals surface area contributed by atoms with E-state index in [0.717, 1.165) is 19.4 Å². The average molecular weight is 506 g/mol. The topological polar surface area (TPSA) is 117 Å². The second-order valence-electron chi connectivity index (χ2n) is 8.80. The lowest BCUT2D eigenvalue weighted by atomic mass is 9.95. The minimum atomic E-state index is -3.67. The number of piperidine rings is 1. The number of halogens is 1. The van der Waals surface area contributed by atoms with Crippen molar-refractivity contribution in [1.82, 2.24) is 14.1 Å². The van der Waals surface area contributed by atoms with E-state index in [4.69, 9.17) is 21.6 Å². The number of aromatic nitrogens is 2. The zero-order valence-electron chi connectivity index (χ0n) is 19.0. The average Bonchev–Trinajstić information content (AvgIpc) is 2.87. The van der Waals surface area contributed by atoms with Crippen LogP contribution in [0.3, 0.4) is 0 Å². The molecular formula is C23H28ClN5O4S. The standard InChI is InChI=1S/C23H28ClN5O4S/c1-16(18-3-2-12-33-15-18)27-21-14-26-29(23(30)22(21)24)19-8-10-28(11-9-19)34(31,32)20-6-4-17(13-25)5-7-20/h4-7,14,16,18-19,27H,2-3,8-12,15H2,1H3/t16-,18-/m0/s1. The molecule has 2 atom stereocenters. The number of hydrogen-bond donors (Lipinski definition) is 1. The number of nitrogens with one attached hydrogen (secondary N) is 1. The van der Waals surface area contributed by atoms with Gasteiger partial charge in [-0.05, 0) is 56.9 Å². The van der Waals surface area contributed by atoms with Gasteiger partial charge in [-0.2, -0.15) is 14.7 Å². The molecule has 1 aromatic heterocycles. The highest BCUT2D eigenvalue weighted by Crippen LogP contribution is 2.28. The lowest BCUT2D eigenvalue weighted by Crippen LogP contribution is -2.41. The van der Waals surface area contributed by atoms with Gasteiger partial charge in [0.15, 0.2) is 0 Å². The molecule has 2 aromatic rings. The number of sulfonamides is 1. The Hall–Kier alpha value is -2.45. The maximum Gasteiger partial charge on any atom is 0.287 e. The molecule has 9 nitrogen and oxygen atoms in total. The van der Waals surface area contributed by atoms with Crippen molar-refractivity contribution in [2.24, 2.45) is 5.92 Å². The van der Waals surface area contributed by atoms with Crippen LogP contribution in [-0.4, -0.2) is 54.8 Å². The van der Waals surface area contributed by atoms with Crippen LogP contribution in [0.4, 0.5) is 5.69 Å². The van der Waals surface area contributed by atoms with Crippen LogP contribution in [0.2, 0.25) is 5.02 Å². The molecule has 0 bridgehead atoms. The Bertz CT molecular complexity index is 1210. The number of anilines is 1. The molecule has 0 radical (unpaired) electrons. The van der Waals surface area contributed by atoms with Crippen LogP contribution in [-0.2, 0) is 14.8 Å². The molecule has 182 valence electrons. The van der Waals surface area contributed by atoms with Gasteiger partial charge in [-0.15, -0.1) is 0 Å². The molecule has 2 aliphatic heterocycles. The fourth-order valence-corrected chi connectivity index (χ4v) is 6.17. The van der Waals surface area contributed by atoms with Crippen molar-refractivity contribution < 1.29 is 13.2 Å². The minimum absolute atomic E-state index is 0.0884. The molecule has 34 heavy (non-hydrogen) atoms. The fourth-order valence-electron chi connectivity index (χ4n) is 4.51. The van der Waals surface area contributed by atoms with Crippen LogP contribution >= 0.6 is 11.6 Å². The van der Waals surface area contributed by atoms with E-state index in [1.54, 1.807) is 6.20 Å². The van der Waals surface area contributed by atoms with Gasteiger partial charge in [0, 0.05) is 31.7 Å². The lowest BCUT2D eigenvalue weighted by Gasteiger charge is -2.32. The first-order chi connectivity index (χ1) is 16.3. The summed E-state index contributed by atoms with van der Waals surface area (Å²) < 4.78 is 34.2. The molecule has 3 heterocycles. The molecule has 4 rings (SSSR count). The highest BCUT2D eigenvalue weighted by Gasteiger charge is 2.31.